The summed E-state index contributed by atoms with van der Waals surface area (Å²) < 4.78 is 1.13. The van der Waals surface area contributed by atoms with Gasteiger partial charge in [-0.15, -0.1) is 0 Å². The first-order valence-corrected chi connectivity index (χ1v) is 6.30. The maximum absolute atomic E-state index is 11.0. The highest BCUT2D eigenvalue weighted by atomic mass is 32.1. The fourth-order valence-corrected chi connectivity index (χ4v) is 2.13. The van der Waals surface area contributed by atoms with Crippen LogP contribution in [0.15, 0.2) is 24.3 Å². The molecule has 98 valence electrons. The van der Waals surface area contributed by atoms with Gasteiger partial charge in [0.1, 0.15) is 0 Å². The molecule has 1 aromatic rings. The first kappa shape index (κ1) is 13.0. The lowest BCUT2D eigenvalue weighted by Crippen LogP contribution is -2.44. The number of primary amides is 1. The zero-order chi connectivity index (χ0) is 13.1. The van der Waals surface area contributed by atoms with Crippen molar-refractivity contribution in [3.8, 4) is 0 Å². The predicted molar refractivity (Wildman–Crippen MR) is 77.2 cm³/mol. The van der Waals surface area contributed by atoms with Gasteiger partial charge in [0.2, 0.25) is 0 Å². The minimum absolute atomic E-state index is 0.578. The van der Waals surface area contributed by atoms with E-state index in [1.807, 2.05) is 24.3 Å². The third kappa shape index (κ3) is 2.88. The third-order valence-corrected chi connectivity index (χ3v) is 3.60. The van der Waals surface area contributed by atoms with E-state index in [4.69, 9.17) is 5.73 Å². The van der Waals surface area contributed by atoms with Crippen molar-refractivity contribution in [2.75, 3.05) is 42.4 Å². The second-order valence-electron chi connectivity index (χ2n) is 4.46. The normalized spacial score (nSPS) is 16.7. The van der Waals surface area contributed by atoms with Crippen molar-refractivity contribution in [2.24, 2.45) is 5.73 Å². The van der Waals surface area contributed by atoms with Crippen LogP contribution < -0.4 is 14.9 Å². The summed E-state index contributed by atoms with van der Waals surface area (Å²) >= 11 is 4.03. The van der Waals surface area contributed by atoms with Crippen LogP contribution in [0.2, 0.25) is 0 Å². The summed E-state index contributed by atoms with van der Waals surface area (Å²) in [6, 6.07) is 7.11. The molecule has 1 aromatic carbocycles. The van der Waals surface area contributed by atoms with Gasteiger partial charge in [-0.1, -0.05) is 12.8 Å². The Balaban J connectivity index is 2.06. The Bertz CT molecular complexity index is 415. The second-order valence-corrected chi connectivity index (χ2v) is 4.86. The van der Waals surface area contributed by atoms with Crippen LogP contribution in [0.4, 0.5) is 16.2 Å². The van der Waals surface area contributed by atoms with E-state index in [2.05, 4.69) is 29.7 Å². The lowest BCUT2D eigenvalue weighted by molar-refractivity contribution is 0.257. The molecule has 0 aliphatic carbocycles. The Morgan fingerprint density at radius 2 is 1.78 bits per heavy atom. The highest BCUT2D eigenvalue weighted by Crippen LogP contribution is 2.22. The van der Waals surface area contributed by atoms with E-state index >= 15 is 0 Å². The van der Waals surface area contributed by atoms with Gasteiger partial charge in [0, 0.05) is 31.9 Å². The average Bonchev–Trinajstić information content (AvgIpc) is 2.39. The van der Waals surface area contributed by atoms with Crippen LogP contribution in [0.3, 0.4) is 0 Å². The molecule has 1 aliphatic rings. The molecule has 1 aliphatic heterocycles. The van der Waals surface area contributed by atoms with Crippen LogP contribution in [0.25, 0.3) is 0 Å². The molecule has 2 N–H and O–H groups in total. The maximum Gasteiger partial charge on any atom is 0.329 e. The van der Waals surface area contributed by atoms with E-state index < -0.39 is 6.03 Å². The van der Waals surface area contributed by atoms with Gasteiger partial charge in [-0.25, -0.2) is 9.10 Å². The molecule has 0 aromatic heterocycles. The summed E-state index contributed by atoms with van der Waals surface area (Å²) in [5.41, 5.74) is 7.01. The summed E-state index contributed by atoms with van der Waals surface area (Å²) in [7, 11) is 2.13. The first-order chi connectivity index (χ1) is 8.58. The van der Waals surface area contributed by atoms with Gasteiger partial charge in [-0.2, -0.15) is 0 Å². The molecule has 0 radical (unpaired) electrons. The minimum atomic E-state index is -0.578. The molecule has 2 rings (SSSR count). The predicted octanol–water partition coefficient (Wildman–Crippen LogP) is 1.17. The van der Waals surface area contributed by atoms with Gasteiger partial charge in [0.15, 0.2) is 0 Å². The third-order valence-electron chi connectivity index (χ3n) is 3.17. The van der Waals surface area contributed by atoms with Crippen molar-refractivity contribution < 1.29 is 4.79 Å². The van der Waals surface area contributed by atoms with E-state index in [1.54, 1.807) is 0 Å². The number of nitrogens with two attached hydrogens (primary N) is 1. The van der Waals surface area contributed by atoms with Crippen LogP contribution in [-0.2, 0) is 0 Å². The zero-order valence-corrected chi connectivity index (χ0v) is 11.3. The Morgan fingerprint density at radius 3 is 2.28 bits per heavy atom. The molecular weight excluding hydrogens is 248 g/mol. The summed E-state index contributed by atoms with van der Waals surface area (Å²) in [6.45, 7) is 4.19. The number of amides is 2. The number of carbonyl (C=O) groups is 1. The topological polar surface area (TPSA) is 52.8 Å². The number of hydrogen-bond acceptors (Lipinski definition) is 4. The number of piperazine rings is 1. The molecule has 6 heteroatoms. The van der Waals surface area contributed by atoms with Crippen molar-refractivity contribution in [2.45, 2.75) is 0 Å². The number of anilines is 2. The number of likely N-dealkylation sites (N-methyl/N-ethyl adjacent to an activating group) is 1. The van der Waals surface area contributed by atoms with Crippen LogP contribution in [0.5, 0.6) is 0 Å². The van der Waals surface area contributed by atoms with Crippen molar-refractivity contribution in [1.29, 1.82) is 0 Å². The van der Waals surface area contributed by atoms with Crippen LogP contribution in [0.1, 0.15) is 0 Å². The fourth-order valence-electron chi connectivity index (χ4n) is 2.00. The SMILES string of the molecule is CN1CCN(c2ccc(N(S)C(N)=O)cc2)CC1. The molecule has 0 spiro atoms. The smallest absolute Gasteiger partial charge is 0.329 e. The standard InChI is InChI=1S/C12H18N4OS/c1-14-6-8-15(9-7-14)10-2-4-11(5-3-10)16(18)12(13)17/h2-5,18H,6-9H2,1H3,(H2,13,17). The fraction of sp³-hybridized carbons (Fsp3) is 0.417. The van der Waals surface area contributed by atoms with E-state index in [1.165, 1.54) is 0 Å². The van der Waals surface area contributed by atoms with Gasteiger partial charge < -0.3 is 15.5 Å². The minimum Gasteiger partial charge on any atom is -0.369 e. The van der Waals surface area contributed by atoms with Gasteiger partial charge in [-0.3, -0.25) is 0 Å². The molecule has 1 fully saturated rings. The summed E-state index contributed by atoms with van der Waals surface area (Å²) in [6.07, 6.45) is 0. The highest BCUT2D eigenvalue weighted by Gasteiger charge is 2.14. The maximum atomic E-state index is 11.0. The summed E-state index contributed by atoms with van der Waals surface area (Å²) in [5.74, 6) is 0. The van der Waals surface area contributed by atoms with E-state index in [9.17, 15) is 4.79 Å². The van der Waals surface area contributed by atoms with Crippen molar-refractivity contribution in [3.63, 3.8) is 0 Å². The molecule has 0 saturated carbocycles. The van der Waals surface area contributed by atoms with E-state index in [0.29, 0.717) is 5.69 Å². The molecule has 1 saturated heterocycles. The van der Waals surface area contributed by atoms with E-state index in [0.717, 1.165) is 36.2 Å². The number of nitrogens with zero attached hydrogens (tertiary/aromatic N) is 3. The zero-order valence-electron chi connectivity index (χ0n) is 10.4. The highest BCUT2D eigenvalue weighted by molar-refractivity contribution is 7.82. The molecular formula is C12H18N4OS. The second kappa shape index (κ2) is 5.49. The first-order valence-electron chi connectivity index (χ1n) is 5.90. The van der Waals surface area contributed by atoms with Crippen molar-refractivity contribution >= 4 is 30.2 Å². The lowest BCUT2D eigenvalue weighted by Gasteiger charge is -2.34. The number of rotatable bonds is 2. The van der Waals surface area contributed by atoms with Gasteiger partial charge in [0.25, 0.3) is 0 Å². The average molecular weight is 266 g/mol. The molecule has 1 heterocycles. The Morgan fingerprint density at radius 1 is 1.22 bits per heavy atom. The number of thiol groups is 1. The molecule has 0 bridgehead atoms. The monoisotopic (exact) mass is 266 g/mol. The van der Waals surface area contributed by atoms with Gasteiger partial charge in [-0.05, 0) is 31.3 Å². The summed E-state index contributed by atoms with van der Waals surface area (Å²) in [4.78, 5) is 15.6. The van der Waals surface area contributed by atoms with E-state index in [-0.39, 0.29) is 0 Å². The van der Waals surface area contributed by atoms with Crippen LogP contribution in [-0.4, -0.2) is 44.2 Å². The quantitative estimate of drug-likeness (QED) is 0.790. The van der Waals surface area contributed by atoms with Crippen LogP contribution >= 0.6 is 12.8 Å². The molecule has 18 heavy (non-hydrogen) atoms. The lowest BCUT2D eigenvalue weighted by atomic mass is 10.2. The number of urea groups is 1. The number of benzene rings is 1. The Kier molecular flexibility index (Phi) is 3.98. The number of carbonyl (C=O) groups excluding carboxylic acids is 1. The molecule has 5 nitrogen and oxygen atoms in total. The Labute approximate surface area is 113 Å². The van der Waals surface area contributed by atoms with Crippen molar-refractivity contribution in [3.05, 3.63) is 24.3 Å². The molecule has 0 unspecified atom stereocenters. The summed E-state index contributed by atoms with van der Waals surface area (Å²) in [5, 5.41) is 0. The van der Waals surface area contributed by atoms with Gasteiger partial charge >= 0.3 is 6.03 Å². The van der Waals surface area contributed by atoms with Gasteiger partial charge in [0.05, 0.1) is 5.69 Å². The largest absolute Gasteiger partial charge is 0.369 e. The van der Waals surface area contributed by atoms with Crippen LogP contribution in [0, 0.1) is 0 Å². The molecule has 2 amide bonds. The molecule has 0 atom stereocenters. The Hall–Kier alpha value is -1.40. The van der Waals surface area contributed by atoms with Crippen molar-refractivity contribution in [1.82, 2.24) is 4.90 Å². The number of hydrogen-bond donors (Lipinski definition) is 2.